The molecule has 2 aliphatic heterocycles. The standard InChI is InChI=1S/C16H17ClN2O2/c1-9-13-4-12(17)2-3-14(13)21-15(9)16(20)19-7-10-5-18-6-11(10)8-19/h2-4,10-11,18H,5-8H2,1H3/t10-,11+. The van der Waals surface area contributed by atoms with Crippen molar-refractivity contribution in [1.82, 2.24) is 10.2 Å². The number of nitrogens with one attached hydrogen (secondary N) is 1. The number of likely N-dealkylation sites (tertiary alicyclic amines) is 1. The molecule has 2 aliphatic rings. The first-order valence-corrected chi connectivity index (χ1v) is 7.70. The van der Waals surface area contributed by atoms with Crippen LogP contribution < -0.4 is 5.32 Å². The Hall–Kier alpha value is -1.52. The van der Waals surface area contributed by atoms with Crippen LogP contribution in [-0.4, -0.2) is 37.0 Å². The predicted molar refractivity (Wildman–Crippen MR) is 81.7 cm³/mol. The zero-order valence-corrected chi connectivity index (χ0v) is 12.6. The summed E-state index contributed by atoms with van der Waals surface area (Å²) in [5.74, 6) is 1.65. The Morgan fingerprint density at radius 2 is 2.05 bits per heavy atom. The fourth-order valence-electron chi connectivity index (χ4n) is 3.56. The Balaban J connectivity index is 1.67. The second-order valence-corrected chi connectivity index (χ2v) is 6.52. The average Bonchev–Trinajstić information content (AvgIpc) is 3.12. The SMILES string of the molecule is Cc1c(C(=O)N2C[C@H]3CNC[C@H]3C2)oc2ccc(Cl)cc12. The van der Waals surface area contributed by atoms with Crippen molar-refractivity contribution in [2.45, 2.75) is 6.92 Å². The Labute approximate surface area is 128 Å². The zero-order chi connectivity index (χ0) is 14.6. The first-order chi connectivity index (χ1) is 10.1. The van der Waals surface area contributed by atoms with E-state index >= 15 is 0 Å². The summed E-state index contributed by atoms with van der Waals surface area (Å²) in [4.78, 5) is 14.7. The quantitative estimate of drug-likeness (QED) is 0.881. The summed E-state index contributed by atoms with van der Waals surface area (Å²) in [6, 6.07) is 5.46. The molecule has 2 atom stereocenters. The van der Waals surface area contributed by atoms with Crippen molar-refractivity contribution in [3.8, 4) is 0 Å². The van der Waals surface area contributed by atoms with Gasteiger partial charge in [-0.2, -0.15) is 0 Å². The Bertz CT molecular complexity index is 712. The Kier molecular flexibility index (Phi) is 2.98. The van der Waals surface area contributed by atoms with Gasteiger partial charge in [-0.15, -0.1) is 0 Å². The topological polar surface area (TPSA) is 45.5 Å². The molecule has 1 aromatic heterocycles. The molecule has 0 aliphatic carbocycles. The van der Waals surface area contributed by atoms with Crippen molar-refractivity contribution in [3.63, 3.8) is 0 Å². The van der Waals surface area contributed by atoms with Gasteiger partial charge in [0.15, 0.2) is 5.76 Å². The highest BCUT2D eigenvalue weighted by Crippen LogP contribution is 2.32. The van der Waals surface area contributed by atoms with E-state index in [9.17, 15) is 4.79 Å². The van der Waals surface area contributed by atoms with Crippen LogP contribution in [0, 0.1) is 18.8 Å². The number of aryl methyl sites for hydroxylation is 1. The highest BCUT2D eigenvalue weighted by Gasteiger charge is 2.39. The minimum absolute atomic E-state index is 0.00854. The Morgan fingerprint density at radius 3 is 2.76 bits per heavy atom. The summed E-state index contributed by atoms with van der Waals surface area (Å²) >= 11 is 6.03. The molecular formula is C16H17ClN2O2. The molecule has 2 fully saturated rings. The molecule has 110 valence electrons. The highest BCUT2D eigenvalue weighted by atomic mass is 35.5. The van der Waals surface area contributed by atoms with E-state index in [4.69, 9.17) is 16.0 Å². The van der Waals surface area contributed by atoms with Gasteiger partial charge in [0.2, 0.25) is 0 Å². The normalized spacial score (nSPS) is 24.8. The number of rotatable bonds is 1. The third-order valence-electron chi connectivity index (χ3n) is 4.77. The van der Waals surface area contributed by atoms with Gasteiger partial charge in [-0.05, 0) is 37.0 Å². The monoisotopic (exact) mass is 304 g/mol. The zero-order valence-electron chi connectivity index (χ0n) is 11.9. The van der Waals surface area contributed by atoms with Gasteiger partial charge < -0.3 is 14.6 Å². The number of hydrogen-bond donors (Lipinski definition) is 1. The molecule has 0 unspecified atom stereocenters. The molecule has 3 heterocycles. The summed E-state index contributed by atoms with van der Waals surface area (Å²) in [5.41, 5.74) is 1.61. The summed E-state index contributed by atoms with van der Waals surface area (Å²) in [6.07, 6.45) is 0. The van der Waals surface area contributed by atoms with Gasteiger partial charge >= 0.3 is 0 Å². The van der Waals surface area contributed by atoms with Crippen LogP contribution in [0.5, 0.6) is 0 Å². The van der Waals surface area contributed by atoms with E-state index < -0.39 is 0 Å². The Morgan fingerprint density at radius 1 is 1.33 bits per heavy atom. The lowest BCUT2D eigenvalue weighted by Crippen LogP contribution is -2.31. The first kappa shape index (κ1) is 13.2. The third-order valence-corrected chi connectivity index (χ3v) is 5.00. The van der Waals surface area contributed by atoms with Gasteiger partial charge in [-0.3, -0.25) is 4.79 Å². The van der Waals surface area contributed by atoms with Crippen molar-refractivity contribution in [2.24, 2.45) is 11.8 Å². The molecule has 2 aromatic rings. The second-order valence-electron chi connectivity index (χ2n) is 6.09. The van der Waals surface area contributed by atoms with E-state index in [1.165, 1.54) is 0 Å². The van der Waals surface area contributed by atoms with Gasteiger partial charge in [0.05, 0.1) is 0 Å². The van der Waals surface area contributed by atoms with Crippen molar-refractivity contribution < 1.29 is 9.21 Å². The number of hydrogen-bond acceptors (Lipinski definition) is 3. The molecule has 1 N–H and O–H groups in total. The molecule has 0 saturated carbocycles. The van der Waals surface area contributed by atoms with Crippen molar-refractivity contribution >= 4 is 28.5 Å². The number of nitrogens with zero attached hydrogens (tertiary/aromatic N) is 1. The molecule has 4 nitrogen and oxygen atoms in total. The minimum atomic E-state index is 0.00854. The maximum Gasteiger partial charge on any atom is 0.289 e. The van der Waals surface area contributed by atoms with Crippen LogP contribution >= 0.6 is 11.6 Å². The van der Waals surface area contributed by atoms with Crippen LogP contribution in [0.4, 0.5) is 0 Å². The average molecular weight is 305 g/mol. The molecular weight excluding hydrogens is 288 g/mol. The molecule has 0 bridgehead atoms. The van der Waals surface area contributed by atoms with Gasteiger partial charge in [0.25, 0.3) is 5.91 Å². The molecule has 1 amide bonds. The maximum absolute atomic E-state index is 12.7. The van der Waals surface area contributed by atoms with E-state index in [2.05, 4.69) is 5.32 Å². The van der Waals surface area contributed by atoms with E-state index in [1.54, 1.807) is 6.07 Å². The number of furan rings is 1. The summed E-state index contributed by atoms with van der Waals surface area (Å²) < 4.78 is 5.78. The number of halogens is 1. The molecule has 5 heteroatoms. The molecule has 1 aromatic carbocycles. The van der Waals surface area contributed by atoms with Crippen molar-refractivity contribution in [2.75, 3.05) is 26.2 Å². The number of carbonyl (C=O) groups is 1. The van der Waals surface area contributed by atoms with Gasteiger partial charge in [0.1, 0.15) is 5.58 Å². The first-order valence-electron chi connectivity index (χ1n) is 7.32. The summed E-state index contributed by atoms with van der Waals surface area (Å²) in [6.45, 7) is 5.61. The van der Waals surface area contributed by atoms with Gasteiger partial charge in [-0.1, -0.05) is 11.6 Å². The lowest BCUT2D eigenvalue weighted by atomic mass is 10.0. The minimum Gasteiger partial charge on any atom is -0.451 e. The highest BCUT2D eigenvalue weighted by molar-refractivity contribution is 6.31. The molecule has 2 saturated heterocycles. The van der Waals surface area contributed by atoms with Crippen molar-refractivity contribution in [3.05, 3.63) is 34.5 Å². The van der Waals surface area contributed by atoms with Crippen LogP contribution in [-0.2, 0) is 0 Å². The molecule has 21 heavy (non-hydrogen) atoms. The maximum atomic E-state index is 12.7. The fourth-order valence-corrected chi connectivity index (χ4v) is 3.73. The molecule has 4 rings (SSSR count). The second kappa shape index (κ2) is 4.75. The van der Waals surface area contributed by atoms with Gasteiger partial charge in [0, 0.05) is 42.2 Å². The van der Waals surface area contributed by atoms with Crippen LogP contribution in [0.15, 0.2) is 22.6 Å². The van der Waals surface area contributed by atoms with Crippen molar-refractivity contribution in [1.29, 1.82) is 0 Å². The number of amides is 1. The largest absolute Gasteiger partial charge is 0.451 e. The van der Waals surface area contributed by atoms with Crippen LogP contribution in [0.1, 0.15) is 16.1 Å². The number of benzene rings is 1. The van der Waals surface area contributed by atoms with Gasteiger partial charge in [-0.25, -0.2) is 0 Å². The lowest BCUT2D eigenvalue weighted by molar-refractivity contribution is 0.0751. The third kappa shape index (κ3) is 2.05. The van der Waals surface area contributed by atoms with E-state index in [1.807, 2.05) is 24.0 Å². The van der Waals surface area contributed by atoms with Crippen LogP contribution in [0.25, 0.3) is 11.0 Å². The summed E-state index contributed by atoms with van der Waals surface area (Å²) in [5, 5.41) is 4.97. The van der Waals surface area contributed by atoms with E-state index in [0.29, 0.717) is 22.6 Å². The molecule has 0 radical (unpaired) electrons. The fraction of sp³-hybridized carbons (Fsp3) is 0.438. The van der Waals surface area contributed by atoms with E-state index in [-0.39, 0.29) is 5.91 Å². The van der Waals surface area contributed by atoms with E-state index in [0.717, 1.165) is 42.7 Å². The number of fused-ring (bicyclic) bond motifs is 2. The number of carbonyl (C=O) groups excluding carboxylic acids is 1. The smallest absolute Gasteiger partial charge is 0.289 e. The lowest BCUT2D eigenvalue weighted by Gasteiger charge is -2.16. The van der Waals surface area contributed by atoms with Crippen LogP contribution in [0.3, 0.4) is 0 Å². The summed E-state index contributed by atoms with van der Waals surface area (Å²) in [7, 11) is 0. The predicted octanol–water partition coefficient (Wildman–Crippen LogP) is 2.69. The molecule has 0 spiro atoms. The van der Waals surface area contributed by atoms with Crippen LogP contribution in [0.2, 0.25) is 5.02 Å².